The van der Waals surface area contributed by atoms with Gasteiger partial charge in [0.15, 0.2) is 0 Å². The summed E-state index contributed by atoms with van der Waals surface area (Å²) in [6, 6.07) is 74.4. The molecule has 0 aliphatic carbocycles. The Bertz CT molecular complexity index is 3490. The zero-order valence-electron chi connectivity index (χ0n) is 31.7. The molecule has 278 valence electrons. The Hall–Kier alpha value is -7.18. The van der Waals surface area contributed by atoms with Crippen LogP contribution in [0.1, 0.15) is 0 Å². The highest BCUT2D eigenvalue weighted by Gasteiger charge is 2.21. The molecule has 0 N–H and O–H groups in total. The topological polar surface area (TPSA) is 19.6 Å². The highest BCUT2D eigenvalue weighted by atomic mass is 32.1. The van der Waals surface area contributed by atoms with Crippen LogP contribution in [-0.4, -0.2) is 0 Å². The minimum absolute atomic E-state index is 0.866. The maximum Gasteiger partial charge on any atom is 0.136 e. The lowest BCUT2D eigenvalue weighted by molar-refractivity contribution is 0.669. The van der Waals surface area contributed by atoms with Crippen LogP contribution in [0.4, 0.5) is 34.1 Å². The fourth-order valence-corrected chi connectivity index (χ4v) is 10.9. The summed E-state index contributed by atoms with van der Waals surface area (Å²) in [4.78, 5) is 4.72. The Labute approximate surface area is 348 Å². The van der Waals surface area contributed by atoms with Crippen LogP contribution >= 0.6 is 22.7 Å². The maximum absolute atomic E-state index is 6.63. The predicted molar refractivity (Wildman–Crippen MR) is 254 cm³/mol. The third-order valence-corrected chi connectivity index (χ3v) is 13.7. The molecule has 3 heterocycles. The first-order valence-corrected chi connectivity index (χ1v) is 21.5. The summed E-state index contributed by atoms with van der Waals surface area (Å²) >= 11 is 3.69. The van der Waals surface area contributed by atoms with E-state index in [0.717, 1.165) is 61.6 Å². The third-order valence-electron chi connectivity index (χ3n) is 11.4. The highest BCUT2D eigenvalue weighted by Crippen LogP contribution is 2.46. The summed E-state index contributed by atoms with van der Waals surface area (Å²) in [5.41, 5.74) is 10.6. The lowest BCUT2D eigenvalue weighted by Crippen LogP contribution is -2.13. The van der Waals surface area contributed by atoms with E-state index in [9.17, 15) is 0 Å². The molecule has 12 aromatic rings. The number of fused-ring (bicyclic) bond motifs is 9. The molecule has 59 heavy (non-hydrogen) atoms. The van der Waals surface area contributed by atoms with Gasteiger partial charge in [0.05, 0.1) is 0 Å². The zero-order valence-corrected chi connectivity index (χ0v) is 33.4. The average Bonchev–Trinajstić information content (AvgIpc) is 3.98. The summed E-state index contributed by atoms with van der Waals surface area (Å²) < 4.78 is 11.8. The normalized spacial score (nSPS) is 11.7. The summed E-state index contributed by atoms with van der Waals surface area (Å²) in [6.07, 6.45) is 0. The van der Waals surface area contributed by atoms with Crippen molar-refractivity contribution in [1.29, 1.82) is 0 Å². The second-order valence-corrected chi connectivity index (χ2v) is 17.1. The van der Waals surface area contributed by atoms with Gasteiger partial charge in [-0.2, -0.15) is 0 Å². The second kappa shape index (κ2) is 13.7. The molecule has 9 aromatic carbocycles. The van der Waals surface area contributed by atoms with Crippen LogP contribution in [0.2, 0.25) is 0 Å². The first kappa shape index (κ1) is 33.9. The van der Waals surface area contributed by atoms with Crippen molar-refractivity contribution in [1.82, 2.24) is 0 Å². The van der Waals surface area contributed by atoms with E-state index < -0.39 is 0 Å². The standard InChI is InChI=1S/C54H34N2OS2/c1-3-13-36(14-4-1)55(37-15-5-2-6-16-37)38-17-11-18-39(32-38)56(41-27-30-53-46(33-41)44-20-8-10-24-51(44)59-53)40-26-28-48-47(34-40)54-42(21-12-22-49(54)57-48)35-25-29-52-45(31-35)43-19-7-9-23-50(43)58-52/h1-34H. The number of hydrogen-bond donors (Lipinski definition) is 0. The number of para-hydroxylation sites is 2. The van der Waals surface area contributed by atoms with Gasteiger partial charge >= 0.3 is 0 Å². The summed E-state index contributed by atoms with van der Waals surface area (Å²) in [6.45, 7) is 0. The van der Waals surface area contributed by atoms with E-state index in [1.165, 1.54) is 45.9 Å². The molecule has 0 atom stereocenters. The molecule has 0 saturated carbocycles. The average molecular weight is 791 g/mol. The van der Waals surface area contributed by atoms with Gasteiger partial charge in [-0.05, 0) is 120 Å². The largest absolute Gasteiger partial charge is 0.456 e. The van der Waals surface area contributed by atoms with Gasteiger partial charge in [0, 0.05) is 85.2 Å². The van der Waals surface area contributed by atoms with Gasteiger partial charge in [-0.1, -0.05) is 97.1 Å². The Morgan fingerprint density at radius 1 is 0.305 bits per heavy atom. The number of furan rings is 1. The first-order chi connectivity index (χ1) is 29.2. The minimum Gasteiger partial charge on any atom is -0.456 e. The van der Waals surface area contributed by atoms with E-state index in [4.69, 9.17) is 4.42 Å². The van der Waals surface area contributed by atoms with E-state index in [2.05, 4.69) is 216 Å². The lowest BCUT2D eigenvalue weighted by atomic mass is 9.97. The van der Waals surface area contributed by atoms with Gasteiger partial charge < -0.3 is 14.2 Å². The van der Waals surface area contributed by atoms with Crippen molar-refractivity contribution >= 4 is 119 Å². The van der Waals surface area contributed by atoms with E-state index in [1.807, 2.05) is 22.7 Å². The van der Waals surface area contributed by atoms with Gasteiger partial charge in [0.25, 0.3) is 0 Å². The van der Waals surface area contributed by atoms with Crippen molar-refractivity contribution in [3.63, 3.8) is 0 Å². The Morgan fingerprint density at radius 3 is 1.47 bits per heavy atom. The molecule has 12 rings (SSSR count). The van der Waals surface area contributed by atoms with Crippen LogP contribution in [0.3, 0.4) is 0 Å². The molecule has 0 spiro atoms. The smallest absolute Gasteiger partial charge is 0.136 e. The third kappa shape index (κ3) is 5.70. The molecule has 0 bridgehead atoms. The number of anilines is 6. The van der Waals surface area contributed by atoms with Crippen LogP contribution in [0.5, 0.6) is 0 Å². The van der Waals surface area contributed by atoms with Crippen LogP contribution < -0.4 is 9.80 Å². The van der Waals surface area contributed by atoms with Crippen LogP contribution in [0.15, 0.2) is 211 Å². The van der Waals surface area contributed by atoms with E-state index >= 15 is 0 Å². The number of thiophene rings is 2. The van der Waals surface area contributed by atoms with Gasteiger partial charge in [-0.25, -0.2) is 0 Å². The zero-order chi connectivity index (χ0) is 38.9. The maximum atomic E-state index is 6.63. The molecule has 0 amide bonds. The van der Waals surface area contributed by atoms with Crippen molar-refractivity contribution in [2.45, 2.75) is 0 Å². The van der Waals surface area contributed by atoms with Gasteiger partial charge in [-0.15, -0.1) is 22.7 Å². The number of nitrogens with zero attached hydrogens (tertiary/aromatic N) is 2. The molecular weight excluding hydrogens is 757 g/mol. The van der Waals surface area contributed by atoms with E-state index in [-0.39, 0.29) is 0 Å². The van der Waals surface area contributed by atoms with Crippen LogP contribution in [0.25, 0.3) is 73.4 Å². The lowest BCUT2D eigenvalue weighted by Gasteiger charge is -2.29. The van der Waals surface area contributed by atoms with Crippen molar-refractivity contribution in [3.8, 4) is 11.1 Å². The fourth-order valence-electron chi connectivity index (χ4n) is 8.76. The second-order valence-electron chi connectivity index (χ2n) is 14.9. The quantitative estimate of drug-likeness (QED) is 0.160. The monoisotopic (exact) mass is 790 g/mol. The van der Waals surface area contributed by atoms with E-state index in [1.54, 1.807) is 0 Å². The molecular formula is C54H34N2OS2. The van der Waals surface area contributed by atoms with E-state index in [0.29, 0.717) is 0 Å². The van der Waals surface area contributed by atoms with Gasteiger partial charge in [-0.3, -0.25) is 0 Å². The van der Waals surface area contributed by atoms with Gasteiger partial charge in [0.2, 0.25) is 0 Å². The molecule has 0 saturated heterocycles. The van der Waals surface area contributed by atoms with Crippen LogP contribution in [0, 0.1) is 0 Å². The summed E-state index contributed by atoms with van der Waals surface area (Å²) in [5.74, 6) is 0. The Kier molecular flexibility index (Phi) is 7.90. The van der Waals surface area contributed by atoms with Crippen molar-refractivity contribution in [3.05, 3.63) is 206 Å². The van der Waals surface area contributed by atoms with Crippen molar-refractivity contribution in [2.75, 3.05) is 9.80 Å². The summed E-state index contributed by atoms with van der Waals surface area (Å²) in [5, 5.41) is 7.33. The molecule has 0 radical (unpaired) electrons. The van der Waals surface area contributed by atoms with Crippen molar-refractivity contribution < 1.29 is 4.42 Å². The fraction of sp³-hybridized carbons (Fsp3) is 0. The Balaban J connectivity index is 1.07. The minimum atomic E-state index is 0.866. The number of hydrogen-bond acceptors (Lipinski definition) is 5. The van der Waals surface area contributed by atoms with Crippen LogP contribution in [-0.2, 0) is 0 Å². The molecule has 0 aliphatic heterocycles. The molecule has 0 fully saturated rings. The Morgan fingerprint density at radius 2 is 0.797 bits per heavy atom. The molecule has 0 aliphatic rings. The summed E-state index contributed by atoms with van der Waals surface area (Å²) in [7, 11) is 0. The highest BCUT2D eigenvalue weighted by molar-refractivity contribution is 7.26. The molecule has 0 unspecified atom stereocenters. The molecule has 5 heteroatoms. The number of rotatable bonds is 7. The molecule has 3 aromatic heterocycles. The van der Waals surface area contributed by atoms with Crippen molar-refractivity contribution in [2.24, 2.45) is 0 Å². The molecule has 3 nitrogen and oxygen atoms in total. The predicted octanol–water partition coefficient (Wildman–Crippen LogP) is 16.9. The SMILES string of the molecule is c1ccc(N(c2ccccc2)c2cccc(N(c3ccc4sc5ccccc5c4c3)c3ccc4oc5cccc(-c6ccc7sc8ccccc8c7c6)c5c4c3)c2)cc1. The first-order valence-electron chi connectivity index (χ1n) is 19.8. The van der Waals surface area contributed by atoms with Gasteiger partial charge in [0.1, 0.15) is 11.2 Å². The number of benzene rings is 9.